The standard InChI is InChI=1S/C23H21N3O3S/c1-28-19-11-9-16(10-12-19)22-15-26(27,13-17-5-2-3-8-21(17)29-22)14-18-6-4-7-20-23(18)30-25-24-20/h2-12,22H,13-15H2,1H3. The molecule has 2 atom stereocenters. The van der Waals surface area contributed by atoms with E-state index in [0.29, 0.717) is 19.6 Å². The summed E-state index contributed by atoms with van der Waals surface area (Å²) >= 11 is 1.34. The fourth-order valence-corrected chi connectivity index (χ4v) is 4.69. The molecule has 0 fully saturated rings. The molecule has 30 heavy (non-hydrogen) atoms. The van der Waals surface area contributed by atoms with Crippen LogP contribution in [0.5, 0.6) is 11.5 Å². The highest BCUT2D eigenvalue weighted by molar-refractivity contribution is 7.13. The molecule has 0 radical (unpaired) electrons. The molecule has 5 rings (SSSR count). The Labute approximate surface area is 178 Å². The number of benzene rings is 3. The minimum absolute atomic E-state index is 0.309. The van der Waals surface area contributed by atoms with Gasteiger partial charge >= 0.3 is 0 Å². The Bertz CT molecular complexity index is 1180. The number of nitrogens with zero attached hydrogens (tertiary/aromatic N) is 3. The predicted molar refractivity (Wildman–Crippen MR) is 116 cm³/mol. The van der Waals surface area contributed by atoms with Crippen LogP contribution in [0.15, 0.2) is 66.7 Å². The van der Waals surface area contributed by atoms with Gasteiger partial charge in [-0.2, -0.15) is 0 Å². The number of ether oxygens (including phenoxy) is 2. The number of fused-ring (bicyclic) bond motifs is 2. The van der Waals surface area contributed by atoms with E-state index in [1.54, 1.807) is 7.11 Å². The fourth-order valence-electron chi connectivity index (χ4n) is 4.03. The number of hydrogen-bond acceptors (Lipinski definition) is 6. The first kappa shape index (κ1) is 19.0. The fraction of sp³-hybridized carbons (Fsp3) is 0.217. The molecule has 0 saturated heterocycles. The summed E-state index contributed by atoms with van der Waals surface area (Å²) in [6.07, 6.45) is -0.351. The van der Waals surface area contributed by atoms with Crippen molar-refractivity contribution in [2.45, 2.75) is 19.2 Å². The Morgan fingerprint density at radius 2 is 1.93 bits per heavy atom. The molecule has 0 spiro atoms. The van der Waals surface area contributed by atoms with Crippen LogP contribution >= 0.6 is 11.5 Å². The molecular weight excluding hydrogens is 398 g/mol. The van der Waals surface area contributed by atoms with E-state index in [-0.39, 0.29) is 6.10 Å². The van der Waals surface area contributed by atoms with E-state index in [1.165, 1.54) is 11.5 Å². The average molecular weight is 420 g/mol. The van der Waals surface area contributed by atoms with Crippen LogP contribution < -0.4 is 9.47 Å². The smallest absolute Gasteiger partial charge is 0.173 e. The van der Waals surface area contributed by atoms with Crippen molar-refractivity contribution in [1.82, 2.24) is 9.59 Å². The molecule has 1 aliphatic rings. The maximum absolute atomic E-state index is 14.1. The Hall–Kier alpha value is -3.00. The van der Waals surface area contributed by atoms with Gasteiger partial charge in [0.05, 0.1) is 11.8 Å². The number of hydroxylamine groups is 3. The lowest BCUT2D eigenvalue weighted by atomic mass is 10.1. The van der Waals surface area contributed by atoms with Crippen LogP contribution in [0.25, 0.3) is 10.2 Å². The zero-order chi connectivity index (χ0) is 20.6. The topological polar surface area (TPSA) is 67.3 Å². The van der Waals surface area contributed by atoms with E-state index in [1.807, 2.05) is 66.7 Å². The van der Waals surface area contributed by atoms with Gasteiger partial charge in [0.15, 0.2) is 6.10 Å². The van der Waals surface area contributed by atoms with Crippen molar-refractivity contribution in [2.75, 3.05) is 13.7 Å². The third kappa shape index (κ3) is 3.63. The quantitative estimate of drug-likeness (QED) is 0.349. The lowest BCUT2D eigenvalue weighted by molar-refractivity contribution is -0.909. The number of hydrogen-bond donors (Lipinski definition) is 0. The van der Waals surface area contributed by atoms with Crippen LogP contribution in [0, 0.1) is 5.21 Å². The molecular formula is C23H21N3O3S. The van der Waals surface area contributed by atoms with Crippen LogP contribution in [0.3, 0.4) is 0 Å². The second-order valence-corrected chi connectivity index (χ2v) is 8.34. The van der Waals surface area contributed by atoms with E-state index < -0.39 is 4.65 Å². The average Bonchev–Trinajstić information content (AvgIpc) is 3.19. The largest absolute Gasteiger partial charge is 0.632 e. The summed E-state index contributed by atoms with van der Waals surface area (Å²) in [6.45, 7) is 1.00. The van der Waals surface area contributed by atoms with Crippen molar-refractivity contribution in [3.63, 3.8) is 0 Å². The van der Waals surface area contributed by atoms with Crippen molar-refractivity contribution in [2.24, 2.45) is 0 Å². The van der Waals surface area contributed by atoms with E-state index in [0.717, 1.165) is 38.4 Å². The van der Waals surface area contributed by atoms with Crippen LogP contribution in [0.2, 0.25) is 0 Å². The van der Waals surface area contributed by atoms with Gasteiger partial charge in [0.1, 0.15) is 36.6 Å². The monoisotopic (exact) mass is 419 g/mol. The van der Waals surface area contributed by atoms with Gasteiger partial charge in [-0.15, -0.1) is 5.10 Å². The molecule has 0 N–H and O–H groups in total. The predicted octanol–water partition coefficient (Wildman–Crippen LogP) is 4.85. The maximum atomic E-state index is 14.1. The zero-order valence-corrected chi connectivity index (χ0v) is 17.3. The van der Waals surface area contributed by atoms with Crippen LogP contribution in [0.4, 0.5) is 0 Å². The van der Waals surface area contributed by atoms with E-state index in [9.17, 15) is 5.21 Å². The van der Waals surface area contributed by atoms with Gasteiger partial charge in [0.2, 0.25) is 0 Å². The number of para-hydroxylation sites is 1. The van der Waals surface area contributed by atoms with Crippen molar-refractivity contribution in [3.05, 3.63) is 88.6 Å². The van der Waals surface area contributed by atoms with Gasteiger partial charge in [-0.05, 0) is 47.4 Å². The Morgan fingerprint density at radius 3 is 2.77 bits per heavy atom. The SMILES string of the molecule is COc1ccc(C2C[N+]([O-])(Cc3cccc4nnsc34)Cc3ccccc3O2)cc1. The summed E-state index contributed by atoms with van der Waals surface area (Å²) in [5.41, 5.74) is 3.70. The van der Waals surface area contributed by atoms with Gasteiger partial charge in [0, 0.05) is 11.1 Å². The van der Waals surface area contributed by atoms with E-state index >= 15 is 0 Å². The second-order valence-electron chi connectivity index (χ2n) is 7.58. The molecule has 0 saturated carbocycles. The number of methoxy groups -OCH3 is 1. The number of quaternary nitrogens is 1. The van der Waals surface area contributed by atoms with Crippen LogP contribution in [-0.4, -0.2) is 27.9 Å². The zero-order valence-electron chi connectivity index (χ0n) is 16.5. The Morgan fingerprint density at radius 1 is 1.10 bits per heavy atom. The van der Waals surface area contributed by atoms with Gasteiger partial charge < -0.3 is 19.3 Å². The molecule has 2 unspecified atom stereocenters. The summed E-state index contributed by atoms with van der Waals surface area (Å²) in [6, 6.07) is 21.4. The van der Waals surface area contributed by atoms with Gasteiger partial charge in [-0.1, -0.05) is 40.9 Å². The molecule has 3 aromatic carbocycles. The van der Waals surface area contributed by atoms with Gasteiger partial charge in [0.25, 0.3) is 0 Å². The van der Waals surface area contributed by atoms with Crippen LogP contribution in [-0.2, 0) is 13.1 Å². The molecule has 1 aromatic heterocycles. The minimum atomic E-state index is -0.412. The maximum Gasteiger partial charge on any atom is 0.173 e. The van der Waals surface area contributed by atoms with Crippen molar-refractivity contribution < 1.29 is 14.1 Å². The van der Waals surface area contributed by atoms with Crippen molar-refractivity contribution in [3.8, 4) is 11.5 Å². The molecule has 1 aliphatic heterocycles. The number of rotatable bonds is 4. The normalized spacial score (nSPS) is 20.9. The minimum Gasteiger partial charge on any atom is -0.632 e. The third-order valence-corrected chi connectivity index (χ3v) is 6.32. The first-order chi connectivity index (χ1) is 14.6. The molecule has 0 aliphatic carbocycles. The number of aromatic nitrogens is 2. The molecule has 2 heterocycles. The molecule has 4 aromatic rings. The van der Waals surface area contributed by atoms with Crippen molar-refractivity contribution >= 4 is 21.7 Å². The third-order valence-electron chi connectivity index (χ3n) is 5.50. The van der Waals surface area contributed by atoms with E-state index in [4.69, 9.17) is 9.47 Å². The van der Waals surface area contributed by atoms with Gasteiger partial charge in [-0.25, -0.2) is 0 Å². The molecule has 0 amide bonds. The second kappa shape index (κ2) is 7.68. The summed E-state index contributed by atoms with van der Waals surface area (Å²) in [5.74, 6) is 1.55. The van der Waals surface area contributed by atoms with Gasteiger partial charge in [-0.3, -0.25) is 0 Å². The highest BCUT2D eigenvalue weighted by Crippen LogP contribution is 2.36. The highest BCUT2D eigenvalue weighted by Gasteiger charge is 2.32. The molecule has 0 bridgehead atoms. The molecule has 152 valence electrons. The molecule has 7 heteroatoms. The first-order valence-corrected chi connectivity index (χ1v) is 10.6. The summed E-state index contributed by atoms with van der Waals surface area (Å²) in [5, 5.41) is 18.3. The highest BCUT2D eigenvalue weighted by atomic mass is 32.1. The lowest BCUT2D eigenvalue weighted by Gasteiger charge is -2.43. The summed E-state index contributed by atoms with van der Waals surface area (Å²) < 4.78 is 16.2. The van der Waals surface area contributed by atoms with E-state index in [2.05, 4.69) is 9.59 Å². The Kier molecular flexibility index (Phi) is 4.86. The summed E-state index contributed by atoms with van der Waals surface area (Å²) in [7, 11) is 1.64. The first-order valence-electron chi connectivity index (χ1n) is 9.79. The van der Waals surface area contributed by atoms with Crippen molar-refractivity contribution in [1.29, 1.82) is 0 Å². The molecule has 6 nitrogen and oxygen atoms in total. The Balaban J connectivity index is 1.53. The van der Waals surface area contributed by atoms with Crippen LogP contribution in [0.1, 0.15) is 22.8 Å². The summed E-state index contributed by atoms with van der Waals surface area (Å²) in [4.78, 5) is 0. The lowest BCUT2D eigenvalue weighted by Crippen LogP contribution is -2.43.